The molecule has 160 valence electrons. The topological polar surface area (TPSA) is 93.4 Å². The number of aromatic nitrogens is 2. The van der Waals surface area contributed by atoms with Crippen LogP contribution in [0, 0.1) is 0 Å². The van der Waals surface area contributed by atoms with E-state index >= 15 is 0 Å². The highest BCUT2D eigenvalue weighted by Crippen LogP contribution is 2.18. The summed E-state index contributed by atoms with van der Waals surface area (Å²) in [5, 5.41) is 2.72. The number of sulfonamides is 1. The summed E-state index contributed by atoms with van der Waals surface area (Å²) in [6.07, 6.45) is 0.922. The Hall–Kier alpha value is -2.91. The molecule has 0 atom stereocenters. The average Bonchev–Trinajstić information content (AvgIpc) is 2.98. The van der Waals surface area contributed by atoms with Crippen LogP contribution in [-0.2, 0) is 27.9 Å². The van der Waals surface area contributed by atoms with Gasteiger partial charge in [0.25, 0.3) is 0 Å². The molecule has 30 heavy (non-hydrogen) atoms. The van der Waals surface area contributed by atoms with Gasteiger partial charge in [-0.15, -0.1) is 0 Å². The Bertz CT molecular complexity index is 1230. The molecular formula is C21H26N4O4S. The van der Waals surface area contributed by atoms with Crippen molar-refractivity contribution in [1.82, 2.24) is 13.4 Å². The molecule has 1 aromatic heterocycles. The first-order valence-electron chi connectivity index (χ1n) is 9.76. The third kappa shape index (κ3) is 4.31. The number of nitrogens with one attached hydrogen (secondary N) is 1. The van der Waals surface area contributed by atoms with Crippen LogP contribution in [0.5, 0.6) is 0 Å². The van der Waals surface area contributed by atoms with Gasteiger partial charge < -0.3 is 5.32 Å². The van der Waals surface area contributed by atoms with Gasteiger partial charge in [0.2, 0.25) is 15.9 Å². The van der Waals surface area contributed by atoms with E-state index in [1.165, 1.54) is 26.2 Å². The third-order valence-corrected chi connectivity index (χ3v) is 6.64. The van der Waals surface area contributed by atoms with Crippen LogP contribution in [0.2, 0.25) is 0 Å². The number of rotatable bonds is 8. The second-order valence-corrected chi connectivity index (χ2v) is 9.34. The van der Waals surface area contributed by atoms with E-state index in [1.807, 2.05) is 31.2 Å². The van der Waals surface area contributed by atoms with E-state index in [4.69, 9.17) is 0 Å². The number of imidazole rings is 1. The Balaban J connectivity index is 1.76. The highest BCUT2D eigenvalue weighted by molar-refractivity contribution is 7.89. The van der Waals surface area contributed by atoms with Crippen molar-refractivity contribution >= 4 is 32.7 Å². The van der Waals surface area contributed by atoms with Crippen LogP contribution in [-0.4, -0.2) is 41.9 Å². The molecule has 1 heterocycles. The molecule has 0 aliphatic heterocycles. The molecule has 2 aromatic carbocycles. The van der Waals surface area contributed by atoms with Crippen molar-refractivity contribution in [3.05, 3.63) is 59.0 Å². The van der Waals surface area contributed by atoms with Crippen molar-refractivity contribution < 1.29 is 13.2 Å². The summed E-state index contributed by atoms with van der Waals surface area (Å²) < 4.78 is 29.0. The Morgan fingerprint density at radius 2 is 1.63 bits per heavy atom. The number of benzene rings is 2. The van der Waals surface area contributed by atoms with Gasteiger partial charge in [0.05, 0.1) is 15.9 Å². The molecule has 0 saturated heterocycles. The summed E-state index contributed by atoms with van der Waals surface area (Å²) in [6.45, 7) is 2.86. The quantitative estimate of drug-likeness (QED) is 0.594. The molecule has 0 bridgehead atoms. The second kappa shape index (κ2) is 8.85. The number of para-hydroxylation sites is 2. The molecule has 0 aliphatic carbocycles. The number of aryl methyl sites for hydroxylation is 2. The van der Waals surface area contributed by atoms with E-state index < -0.39 is 10.0 Å². The van der Waals surface area contributed by atoms with Gasteiger partial charge in [0.15, 0.2) is 0 Å². The molecule has 0 saturated carbocycles. The van der Waals surface area contributed by atoms with Gasteiger partial charge in [-0.25, -0.2) is 17.5 Å². The molecule has 3 rings (SSSR count). The van der Waals surface area contributed by atoms with Gasteiger partial charge in [0, 0.05) is 39.3 Å². The number of fused-ring (bicyclic) bond motifs is 1. The van der Waals surface area contributed by atoms with Crippen molar-refractivity contribution in [2.75, 3.05) is 19.4 Å². The highest BCUT2D eigenvalue weighted by atomic mass is 32.2. The zero-order valence-electron chi connectivity index (χ0n) is 17.3. The lowest BCUT2D eigenvalue weighted by atomic mass is 10.3. The molecule has 3 aromatic rings. The molecule has 0 spiro atoms. The van der Waals surface area contributed by atoms with E-state index in [1.54, 1.807) is 21.3 Å². The van der Waals surface area contributed by atoms with Gasteiger partial charge >= 0.3 is 5.69 Å². The van der Waals surface area contributed by atoms with Crippen LogP contribution in [0.3, 0.4) is 0 Å². The van der Waals surface area contributed by atoms with Gasteiger partial charge in [-0.2, -0.15) is 0 Å². The lowest BCUT2D eigenvalue weighted by Gasteiger charge is -2.12. The number of carbonyl (C=O) groups excluding carboxylic acids is 1. The first-order chi connectivity index (χ1) is 14.3. The number of nitrogens with zero attached hydrogens (tertiary/aromatic N) is 3. The summed E-state index contributed by atoms with van der Waals surface area (Å²) in [5.74, 6) is -0.298. The maximum atomic E-state index is 12.8. The van der Waals surface area contributed by atoms with Gasteiger partial charge in [0.1, 0.15) is 0 Å². The van der Waals surface area contributed by atoms with Crippen LogP contribution in [0.4, 0.5) is 5.69 Å². The fraction of sp³-hybridized carbons (Fsp3) is 0.333. The number of carbonyl (C=O) groups is 1. The van der Waals surface area contributed by atoms with Crippen molar-refractivity contribution in [2.45, 2.75) is 37.8 Å². The van der Waals surface area contributed by atoms with E-state index in [0.717, 1.165) is 21.8 Å². The molecule has 0 unspecified atom stereocenters. The molecular weight excluding hydrogens is 404 g/mol. The van der Waals surface area contributed by atoms with Crippen molar-refractivity contribution in [2.24, 2.45) is 0 Å². The summed E-state index contributed by atoms with van der Waals surface area (Å²) in [5.41, 5.74) is 1.91. The molecule has 1 amide bonds. The predicted molar refractivity (Wildman–Crippen MR) is 117 cm³/mol. The summed E-state index contributed by atoms with van der Waals surface area (Å²) in [6, 6.07) is 13.6. The molecule has 8 nitrogen and oxygen atoms in total. The Labute approximate surface area is 175 Å². The van der Waals surface area contributed by atoms with Crippen molar-refractivity contribution in [3.8, 4) is 0 Å². The minimum Gasteiger partial charge on any atom is -0.326 e. The zero-order valence-corrected chi connectivity index (χ0v) is 18.1. The number of amides is 1. The van der Waals surface area contributed by atoms with Crippen LogP contribution < -0.4 is 11.0 Å². The summed E-state index contributed by atoms with van der Waals surface area (Å²) in [4.78, 5) is 25.4. The largest absolute Gasteiger partial charge is 0.329 e. The smallest absolute Gasteiger partial charge is 0.326 e. The first kappa shape index (κ1) is 21.8. The number of hydrogen-bond donors (Lipinski definition) is 1. The van der Waals surface area contributed by atoms with E-state index in [2.05, 4.69) is 5.32 Å². The standard InChI is InChI=1S/C21H26N4O4S/c1-4-13-24-18-10-5-6-11-19(18)25(21(24)27)14-12-20(26)22-16-8-7-9-17(15-16)30(28,29)23(2)3/h5-11,15H,4,12-14H2,1-3H3,(H,22,26). The van der Waals surface area contributed by atoms with Crippen molar-refractivity contribution in [1.29, 1.82) is 0 Å². The lowest BCUT2D eigenvalue weighted by Crippen LogP contribution is -2.26. The predicted octanol–water partition coefficient (Wildman–Crippen LogP) is 2.49. The Morgan fingerprint density at radius 3 is 2.23 bits per heavy atom. The molecule has 0 radical (unpaired) electrons. The monoisotopic (exact) mass is 430 g/mol. The van der Waals surface area contributed by atoms with Gasteiger partial charge in [-0.1, -0.05) is 25.1 Å². The van der Waals surface area contributed by atoms with Crippen LogP contribution in [0.15, 0.2) is 58.2 Å². The molecule has 0 fully saturated rings. The molecule has 9 heteroatoms. The van der Waals surface area contributed by atoms with E-state index in [-0.39, 0.29) is 29.5 Å². The van der Waals surface area contributed by atoms with Gasteiger partial charge in [-0.05, 0) is 36.8 Å². The lowest BCUT2D eigenvalue weighted by molar-refractivity contribution is -0.116. The average molecular weight is 431 g/mol. The van der Waals surface area contributed by atoms with E-state index in [9.17, 15) is 18.0 Å². The number of anilines is 1. The second-order valence-electron chi connectivity index (χ2n) is 7.19. The maximum Gasteiger partial charge on any atom is 0.329 e. The summed E-state index contributed by atoms with van der Waals surface area (Å²) >= 11 is 0. The van der Waals surface area contributed by atoms with Crippen LogP contribution in [0.1, 0.15) is 19.8 Å². The minimum absolute atomic E-state index is 0.0880. The molecule has 0 aliphatic rings. The minimum atomic E-state index is -3.59. The van der Waals surface area contributed by atoms with Crippen LogP contribution in [0.25, 0.3) is 11.0 Å². The van der Waals surface area contributed by atoms with Crippen LogP contribution >= 0.6 is 0 Å². The molecule has 1 N–H and O–H groups in total. The van der Waals surface area contributed by atoms with E-state index in [0.29, 0.717) is 12.2 Å². The highest BCUT2D eigenvalue weighted by Gasteiger charge is 2.18. The SMILES string of the molecule is CCCn1c(=O)n(CCC(=O)Nc2cccc(S(=O)(=O)N(C)C)c2)c2ccccc21. The Kier molecular flexibility index (Phi) is 6.42. The van der Waals surface area contributed by atoms with Crippen molar-refractivity contribution in [3.63, 3.8) is 0 Å². The maximum absolute atomic E-state index is 12.8. The zero-order chi connectivity index (χ0) is 21.9. The first-order valence-corrected chi connectivity index (χ1v) is 11.2. The Morgan fingerprint density at radius 1 is 1.00 bits per heavy atom. The number of hydrogen-bond acceptors (Lipinski definition) is 4. The van der Waals surface area contributed by atoms with Gasteiger partial charge in [-0.3, -0.25) is 13.9 Å². The fourth-order valence-corrected chi connectivity index (χ4v) is 4.26. The fourth-order valence-electron chi connectivity index (χ4n) is 3.31. The third-order valence-electron chi connectivity index (χ3n) is 4.83. The normalized spacial score (nSPS) is 11.9. The summed E-state index contributed by atoms with van der Waals surface area (Å²) in [7, 11) is -0.686.